The Balaban J connectivity index is 1.25. The molecule has 7 heteroatoms. The lowest BCUT2D eigenvalue weighted by atomic mass is 9.91. The average Bonchev–Trinajstić information content (AvgIpc) is 3.43. The van der Waals surface area contributed by atoms with Crippen LogP contribution in [0.3, 0.4) is 0 Å². The van der Waals surface area contributed by atoms with Crippen molar-refractivity contribution in [3.8, 4) is 0 Å². The van der Waals surface area contributed by atoms with Crippen LogP contribution in [-0.4, -0.2) is 61.1 Å². The van der Waals surface area contributed by atoms with E-state index in [4.69, 9.17) is 4.74 Å². The number of benzene rings is 2. The average molecular weight is 505 g/mol. The molecule has 2 saturated heterocycles. The van der Waals surface area contributed by atoms with E-state index in [-0.39, 0.29) is 11.9 Å². The topological polar surface area (TPSA) is 73.9 Å². The van der Waals surface area contributed by atoms with Crippen LogP contribution in [0.25, 0.3) is 0 Å². The van der Waals surface area contributed by atoms with E-state index in [9.17, 15) is 9.59 Å². The third-order valence-corrected chi connectivity index (χ3v) is 7.73. The van der Waals surface area contributed by atoms with Gasteiger partial charge in [0, 0.05) is 37.1 Å². The Hall–Kier alpha value is -2.90. The van der Waals surface area contributed by atoms with Gasteiger partial charge in [0.05, 0.1) is 5.56 Å². The Bertz CT molecular complexity index is 1110. The van der Waals surface area contributed by atoms with Crippen molar-refractivity contribution in [1.82, 2.24) is 10.2 Å². The standard InChI is InChI=1S/C30H40N4O3/c1-30(2,3)37-29(36)21-9-11-22(12-10-21)32-28(35)27-25-7-6-8-26(24(25)13-16-31-27)34-19-14-23(15-20-34)33-17-4-5-18-33/h6-12,23,27,31H,4-5,13-20H2,1-3H3,(H,32,35). The fourth-order valence-electron chi connectivity index (χ4n) is 5.94. The first-order chi connectivity index (χ1) is 17.8. The zero-order chi connectivity index (χ0) is 26.0. The summed E-state index contributed by atoms with van der Waals surface area (Å²) < 4.78 is 5.43. The van der Waals surface area contributed by atoms with Gasteiger partial charge in [0.2, 0.25) is 5.91 Å². The lowest BCUT2D eigenvalue weighted by molar-refractivity contribution is -0.118. The fourth-order valence-corrected chi connectivity index (χ4v) is 5.94. The first-order valence-electron chi connectivity index (χ1n) is 13.8. The number of likely N-dealkylation sites (tertiary alicyclic amines) is 1. The highest BCUT2D eigenvalue weighted by Crippen LogP contribution is 2.34. The molecule has 0 aliphatic carbocycles. The Morgan fingerprint density at radius 2 is 1.68 bits per heavy atom. The number of esters is 1. The molecule has 5 rings (SSSR count). The van der Waals surface area contributed by atoms with Crippen molar-refractivity contribution in [2.45, 2.75) is 70.6 Å². The molecule has 3 heterocycles. The molecule has 1 unspecified atom stereocenters. The summed E-state index contributed by atoms with van der Waals surface area (Å²) in [6.45, 7) is 11.0. The third kappa shape index (κ3) is 5.99. The van der Waals surface area contributed by atoms with Crippen molar-refractivity contribution in [2.75, 3.05) is 42.9 Å². The highest BCUT2D eigenvalue weighted by molar-refractivity contribution is 5.97. The van der Waals surface area contributed by atoms with Crippen molar-refractivity contribution in [3.05, 3.63) is 59.2 Å². The van der Waals surface area contributed by atoms with Gasteiger partial charge < -0.3 is 25.2 Å². The van der Waals surface area contributed by atoms with E-state index in [1.807, 2.05) is 20.8 Å². The van der Waals surface area contributed by atoms with Gasteiger partial charge in [0.25, 0.3) is 0 Å². The molecule has 0 aromatic heterocycles. The summed E-state index contributed by atoms with van der Waals surface area (Å²) in [7, 11) is 0. The number of nitrogens with one attached hydrogen (secondary N) is 2. The largest absolute Gasteiger partial charge is 0.456 e. The molecule has 2 N–H and O–H groups in total. The Kier molecular flexibility index (Phi) is 7.54. The van der Waals surface area contributed by atoms with Crippen molar-refractivity contribution in [2.24, 2.45) is 0 Å². The maximum Gasteiger partial charge on any atom is 0.338 e. The van der Waals surface area contributed by atoms with Crippen LogP contribution in [0.4, 0.5) is 11.4 Å². The first kappa shape index (κ1) is 25.7. The molecule has 1 atom stereocenters. The molecule has 3 aliphatic heterocycles. The van der Waals surface area contributed by atoms with Crippen LogP contribution < -0.4 is 15.5 Å². The van der Waals surface area contributed by atoms with Gasteiger partial charge in [-0.25, -0.2) is 4.79 Å². The van der Waals surface area contributed by atoms with Gasteiger partial charge in [0.15, 0.2) is 0 Å². The Morgan fingerprint density at radius 3 is 2.35 bits per heavy atom. The van der Waals surface area contributed by atoms with Gasteiger partial charge >= 0.3 is 5.97 Å². The van der Waals surface area contributed by atoms with Crippen LogP contribution in [0, 0.1) is 0 Å². The minimum atomic E-state index is -0.549. The second-order valence-electron chi connectivity index (χ2n) is 11.5. The molecule has 0 radical (unpaired) electrons. The van der Waals surface area contributed by atoms with Crippen molar-refractivity contribution in [1.29, 1.82) is 0 Å². The quantitative estimate of drug-likeness (QED) is 0.583. The number of rotatable bonds is 5. The van der Waals surface area contributed by atoms with E-state index in [0.717, 1.165) is 37.7 Å². The number of nitrogens with zero attached hydrogens (tertiary/aromatic N) is 2. The zero-order valence-corrected chi connectivity index (χ0v) is 22.4. The summed E-state index contributed by atoms with van der Waals surface area (Å²) in [5, 5.41) is 6.44. The van der Waals surface area contributed by atoms with Crippen molar-refractivity contribution < 1.29 is 14.3 Å². The molecule has 2 aromatic carbocycles. The molecule has 3 aliphatic rings. The van der Waals surface area contributed by atoms with Crippen LogP contribution in [0.1, 0.15) is 74.0 Å². The molecule has 2 fully saturated rings. The van der Waals surface area contributed by atoms with Gasteiger partial charge in [-0.1, -0.05) is 12.1 Å². The summed E-state index contributed by atoms with van der Waals surface area (Å²) in [6.07, 6.45) is 6.04. The number of piperidine rings is 1. The number of hydrogen-bond donors (Lipinski definition) is 2. The molecule has 0 saturated carbocycles. The van der Waals surface area contributed by atoms with Gasteiger partial charge in [-0.3, -0.25) is 4.79 Å². The van der Waals surface area contributed by atoms with Gasteiger partial charge in [-0.2, -0.15) is 0 Å². The molecular weight excluding hydrogens is 464 g/mol. The predicted molar refractivity (Wildman–Crippen MR) is 147 cm³/mol. The fraction of sp³-hybridized carbons (Fsp3) is 0.533. The van der Waals surface area contributed by atoms with Crippen LogP contribution in [0.5, 0.6) is 0 Å². The number of fused-ring (bicyclic) bond motifs is 1. The van der Waals surface area contributed by atoms with Crippen molar-refractivity contribution in [3.63, 3.8) is 0 Å². The monoisotopic (exact) mass is 504 g/mol. The number of carbonyl (C=O) groups excluding carboxylic acids is 2. The maximum absolute atomic E-state index is 13.3. The Morgan fingerprint density at radius 1 is 0.973 bits per heavy atom. The third-order valence-electron chi connectivity index (χ3n) is 7.73. The van der Waals surface area contributed by atoms with E-state index < -0.39 is 11.6 Å². The highest BCUT2D eigenvalue weighted by atomic mass is 16.6. The van der Waals surface area contributed by atoms with E-state index >= 15 is 0 Å². The molecule has 7 nitrogen and oxygen atoms in total. The second kappa shape index (κ2) is 10.8. The summed E-state index contributed by atoms with van der Waals surface area (Å²) in [5.41, 5.74) is 4.22. The molecule has 37 heavy (non-hydrogen) atoms. The van der Waals surface area contributed by atoms with E-state index in [1.165, 1.54) is 50.0 Å². The van der Waals surface area contributed by atoms with Gasteiger partial charge in [0.1, 0.15) is 11.6 Å². The SMILES string of the molecule is CC(C)(C)OC(=O)c1ccc(NC(=O)C2NCCc3c2cccc3N2CCC(N3CCCC3)CC2)cc1. The molecule has 0 spiro atoms. The lowest BCUT2D eigenvalue weighted by Gasteiger charge is -2.39. The number of ether oxygens (including phenoxy) is 1. The lowest BCUT2D eigenvalue weighted by Crippen LogP contribution is -2.45. The number of hydrogen-bond acceptors (Lipinski definition) is 6. The molecule has 198 valence electrons. The van der Waals surface area contributed by atoms with E-state index in [0.29, 0.717) is 11.3 Å². The molecule has 0 bridgehead atoms. The smallest absolute Gasteiger partial charge is 0.338 e. The van der Waals surface area contributed by atoms with Crippen LogP contribution in [0.15, 0.2) is 42.5 Å². The number of anilines is 2. The van der Waals surface area contributed by atoms with Crippen molar-refractivity contribution >= 4 is 23.3 Å². The minimum absolute atomic E-state index is 0.0872. The summed E-state index contributed by atoms with van der Waals surface area (Å²) in [5.74, 6) is -0.457. The maximum atomic E-state index is 13.3. The highest BCUT2D eigenvalue weighted by Gasteiger charge is 2.31. The zero-order valence-electron chi connectivity index (χ0n) is 22.4. The summed E-state index contributed by atoms with van der Waals surface area (Å²) in [6, 6.07) is 13.6. The van der Waals surface area contributed by atoms with Gasteiger partial charge in [-0.05, 0) is 107 Å². The normalized spacial score (nSPS) is 20.9. The van der Waals surface area contributed by atoms with Crippen LogP contribution in [-0.2, 0) is 16.0 Å². The van der Waals surface area contributed by atoms with Crippen LogP contribution in [0.2, 0.25) is 0 Å². The second-order valence-corrected chi connectivity index (χ2v) is 11.5. The summed E-state index contributed by atoms with van der Waals surface area (Å²) in [4.78, 5) is 30.8. The van der Waals surface area contributed by atoms with Gasteiger partial charge in [-0.15, -0.1) is 0 Å². The van der Waals surface area contributed by atoms with E-state index in [2.05, 4.69) is 38.6 Å². The molecule has 2 aromatic rings. The van der Waals surface area contributed by atoms with Crippen LogP contribution >= 0.6 is 0 Å². The summed E-state index contributed by atoms with van der Waals surface area (Å²) >= 11 is 0. The molecule has 1 amide bonds. The minimum Gasteiger partial charge on any atom is -0.456 e. The molecular formula is C30H40N4O3. The number of amides is 1. The predicted octanol–water partition coefficient (Wildman–Crippen LogP) is 4.53. The Labute approximate surface area is 220 Å². The van der Waals surface area contributed by atoms with E-state index in [1.54, 1.807) is 24.3 Å². The number of carbonyl (C=O) groups is 2. The first-order valence-corrected chi connectivity index (χ1v) is 13.8.